The normalized spacial score (nSPS) is 11.0. The molecule has 2 heterocycles. The summed E-state index contributed by atoms with van der Waals surface area (Å²) in [6.45, 7) is 9.03. The molecule has 1 N–H and O–H groups in total. The van der Waals surface area contributed by atoms with Gasteiger partial charge in [0.25, 0.3) is 0 Å². The Kier molecular flexibility index (Phi) is 4.16. The smallest absolute Gasteiger partial charge is 0.198 e. The molecule has 0 spiro atoms. The Balaban J connectivity index is 2.32. The van der Waals surface area contributed by atoms with Crippen LogP contribution in [0.3, 0.4) is 0 Å². The topological polar surface area (TPSA) is 63.6 Å². The van der Waals surface area contributed by atoms with Crippen LogP contribution in [0.4, 0.5) is 0 Å². The molecule has 2 aromatic heterocycles. The van der Waals surface area contributed by atoms with Crippen LogP contribution in [-0.4, -0.2) is 26.0 Å². The van der Waals surface area contributed by atoms with Gasteiger partial charge >= 0.3 is 0 Å². The number of nitrogens with zero attached hydrogens (tertiary/aromatic N) is 4. The Bertz CT molecular complexity index is 528. The number of aryl methyl sites for hydroxylation is 2. The summed E-state index contributed by atoms with van der Waals surface area (Å²) in [5.41, 5.74) is 3.10. The molecule has 0 bridgehead atoms. The lowest BCUT2D eigenvalue weighted by molar-refractivity contribution is 0.583. The van der Waals surface area contributed by atoms with Gasteiger partial charge in [0.05, 0.1) is 0 Å². The van der Waals surface area contributed by atoms with Gasteiger partial charge in [0.2, 0.25) is 0 Å². The van der Waals surface area contributed by atoms with Crippen molar-refractivity contribution in [2.24, 2.45) is 0 Å². The molecule has 2 aromatic rings. The van der Waals surface area contributed by atoms with Crippen LogP contribution >= 0.6 is 0 Å². The van der Waals surface area contributed by atoms with Gasteiger partial charge in [-0.15, -0.1) is 0 Å². The van der Waals surface area contributed by atoms with Crippen molar-refractivity contribution in [3.8, 4) is 11.6 Å². The minimum Gasteiger partial charge on any atom is -0.310 e. The van der Waals surface area contributed by atoms with E-state index in [0.717, 1.165) is 23.5 Å². The fraction of sp³-hybridized carbons (Fsp3) is 0.429. The van der Waals surface area contributed by atoms with E-state index >= 15 is 0 Å². The van der Waals surface area contributed by atoms with Gasteiger partial charge in [-0.1, -0.05) is 13.8 Å². The summed E-state index contributed by atoms with van der Waals surface area (Å²) >= 11 is 0. The van der Waals surface area contributed by atoms with Gasteiger partial charge < -0.3 is 5.32 Å². The van der Waals surface area contributed by atoms with Crippen LogP contribution < -0.4 is 5.32 Å². The summed E-state index contributed by atoms with van der Waals surface area (Å²) in [5.74, 6) is 1.15. The van der Waals surface area contributed by atoms with Crippen molar-refractivity contribution in [2.45, 2.75) is 40.3 Å². The summed E-state index contributed by atoms with van der Waals surface area (Å²) < 4.78 is 0. The van der Waals surface area contributed by atoms with E-state index in [1.54, 1.807) is 18.5 Å². The summed E-state index contributed by atoms with van der Waals surface area (Å²) in [6, 6.07) is 2.22. The predicted octanol–water partition coefficient (Wildman–Crippen LogP) is 2.05. The molecule has 0 aliphatic heterocycles. The monoisotopic (exact) mass is 257 g/mol. The number of aromatic nitrogens is 4. The standard InChI is InChI=1S/C14H19N5/c1-9(2)17-8-12-10(3)18-14(19-11(12)4)13-15-6-5-7-16-13/h5-7,9,17H,8H2,1-4H3. The lowest BCUT2D eigenvalue weighted by Gasteiger charge is -2.13. The maximum atomic E-state index is 4.51. The lowest BCUT2D eigenvalue weighted by atomic mass is 10.1. The molecule has 0 radical (unpaired) electrons. The molecule has 5 nitrogen and oxygen atoms in total. The predicted molar refractivity (Wildman–Crippen MR) is 74.5 cm³/mol. The third kappa shape index (κ3) is 3.32. The van der Waals surface area contributed by atoms with Gasteiger partial charge in [0.1, 0.15) is 0 Å². The number of hydrogen-bond acceptors (Lipinski definition) is 5. The third-order valence-corrected chi connectivity index (χ3v) is 2.87. The van der Waals surface area contributed by atoms with Crippen molar-refractivity contribution in [1.29, 1.82) is 0 Å². The first-order valence-electron chi connectivity index (χ1n) is 6.43. The molecule has 0 aromatic carbocycles. The first kappa shape index (κ1) is 13.5. The number of nitrogens with one attached hydrogen (secondary N) is 1. The molecule has 5 heteroatoms. The first-order valence-corrected chi connectivity index (χ1v) is 6.43. The van der Waals surface area contributed by atoms with Gasteiger partial charge in [-0.25, -0.2) is 19.9 Å². The molecule has 0 saturated carbocycles. The van der Waals surface area contributed by atoms with Crippen molar-refractivity contribution >= 4 is 0 Å². The quantitative estimate of drug-likeness (QED) is 0.908. The highest BCUT2D eigenvalue weighted by Gasteiger charge is 2.11. The zero-order chi connectivity index (χ0) is 13.8. The van der Waals surface area contributed by atoms with Crippen LogP contribution in [0.2, 0.25) is 0 Å². The maximum Gasteiger partial charge on any atom is 0.198 e. The van der Waals surface area contributed by atoms with E-state index in [-0.39, 0.29) is 0 Å². The van der Waals surface area contributed by atoms with Crippen LogP contribution in [0.5, 0.6) is 0 Å². The van der Waals surface area contributed by atoms with Crippen molar-refractivity contribution in [3.05, 3.63) is 35.4 Å². The van der Waals surface area contributed by atoms with Gasteiger partial charge in [-0.05, 0) is 19.9 Å². The highest BCUT2D eigenvalue weighted by Crippen LogP contribution is 2.15. The second-order valence-electron chi connectivity index (χ2n) is 4.80. The van der Waals surface area contributed by atoms with E-state index in [1.165, 1.54) is 0 Å². The molecule has 0 saturated heterocycles. The second-order valence-corrected chi connectivity index (χ2v) is 4.80. The maximum absolute atomic E-state index is 4.51. The minimum absolute atomic E-state index is 0.441. The summed E-state index contributed by atoms with van der Waals surface area (Å²) in [6.07, 6.45) is 3.40. The van der Waals surface area contributed by atoms with Crippen molar-refractivity contribution < 1.29 is 0 Å². The third-order valence-electron chi connectivity index (χ3n) is 2.87. The summed E-state index contributed by atoms with van der Waals surface area (Å²) in [7, 11) is 0. The first-order chi connectivity index (χ1) is 9.08. The SMILES string of the molecule is Cc1nc(-c2ncccn2)nc(C)c1CNC(C)C. The molecular formula is C14H19N5. The molecule has 0 atom stereocenters. The van der Waals surface area contributed by atoms with Crippen molar-refractivity contribution in [3.63, 3.8) is 0 Å². The second kappa shape index (κ2) is 5.84. The summed E-state index contributed by atoms with van der Waals surface area (Å²) in [5, 5.41) is 3.39. The van der Waals surface area contributed by atoms with E-state index in [2.05, 4.69) is 39.1 Å². The number of rotatable bonds is 4. The van der Waals surface area contributed by atoms with E-state index in [4.69, 9.17) is 0 Å². The molecule has 0 unspecified atom stereocenters. The van der Waals surface area contributed by atoms with Crippen LogP contribution in [0.1, 0.15) is 30.8 Å². The largest absolute Gasteiger partial charge is 0.310 e. The Labute approximate surface area is 113 Å². The van der Waals surface area contributed by atoms with Crippen molar-refractivity contribution in [1.82, 2.24) is 25.3 Å². The zero-order valence-electron chi connectivity index (χ0n) is 11.8. The summed E-state index contributed by atoms with van der Waals surface area (Å²) in [4.78, 5) is 17.4. The Morgan fingerprint density at radius 2 is 1.58 bits per heavy atom. The molecule has 19 heavy (non-hydrogen) atoms. The average Bonchev–Trinajstić information content (AvgIpc) is 2.38. The molecule has 2 rings (SSSR count). The highest BCUT2D eigenvalue weighted by atomic mass is 15.0. The van der Waals surface area contributed by atoms with E-state index in [1.807, 2.05) is 13.8 Å². The van der Waals surface area contributed by atoms with E-state index in [9.17, 15) is 0 Å². The van der Waals surface area contributed by atoms with Gasteiger partial charge in [0, 0.05) is 41.9 Å². The minimum atomic E-state index is 0.441. The fourth-order valence-electron chi connectivity index (χ4n) is 1.82. The van der Waals surface area contributed by atoms with Gasteiger partial charge in [0.15, 0.2) is 11.6 Å². The van der Waals surface area contributed by atoms with Crippen LogP contribution in [-0.2, 0) is 6.54 Å². The van der Waals surface area contributed by atoms with E-state index in [0.29, 0.717) is 17.7 Å². The van der Waals surface area contributed by atoms with Gasteiger partial charge in [-0.3, -0.25) is 0 Å². The lowest BCUT2D eigenvalue weighted by Crippen LogP contribution is -2.23. The molecular weight excluding hydrogens is 238 g/mol. The van der Waals surface area contributed by atoms with Crippen molar-refractivity contribution in [2.75, 3.05) is 0 Å². The molecule has 0 aliphatic carbocycles. The Morgan fingerprint density at radius 3 is 2.11 bits per heavy atom. The fourth-order valence-corrected chi connectivity index (χ4v) is 1.82. The van der Waals surface area contributed by atoms with Crippen LogP contribution in [0.25, 0.3) is 11.6 Å². The van der Waals surface area contributed by atoms with E-state index < -0.39 is 0 Å². The highest BCUT2D eigenvalue weighted by molar-refractivity contribution is 5.44. The average molecular weight is 257 g/mol. The molecule has 0 aliphatic rings. The van der Waals surface area contributed by atoms with Crippen LogP contribution in [0.15, 0.2) is 18.5 Å². The molecule has 0 amide bonds. The Hall–Kier alpha value is -1.88. The molecule has 100 valence electrons. The van der Waals surface area contributed by atoms with Gasteiger partial charge in [-0.2, -0.15) is 0 Å². The van der Waals surface area contributed by atoms with Crippen LogP contribution in [0, 0.1) is 13.8 Å². The zero-order valence-corrected chi connectivity index (χ0v) is 11.8. The number of hydrogen-bond donors (Lipinski definition) is 1. The molecule has 0 fully saturated rings. The Morgan fingerprint density at radius 1 is 1.00 bits per heavy atom.